The SMILES string of the molecule is CCOC(=O)C(C)Cc1cc(C(C)C)c2c(c1C)C(=O)C1=C(C)[C@@]3(C)C(=O)C(C(C)=O)=C(C)C[C@@]3(C)C[C@@]1(C)C2. The number of benzene rings is 1. The summed E-state index contributed by atoms with van der Waals surface area (Å²) in [6, 6.07) is 2.21. The van der Waals surface area contributed by atoms with Crippen molar-refractivity contribution in [1.29, 1.82) is 0 Å². The van der Waals surface area contributed by atoms with Gasteiger partial charge < -0.3 is 4.74 Å². The zero-order chi connectivity index (χ0) is 30.1. The highest BCUT2D eigenvalue weighted by Gasteiger charge is 2.63. The summed E-state index contributed by atoms with van der Waals surface area (Å²) in [6.45, 7) is 22.0. The largest absolute Gasteiger partial charge is 0.466 e. The van der Waals surface area contributed by atoms with Gasteiger partial charge >= 0.3 is 5.97 Å². The summed E-state index contributed by atoms with van der Waals surface area (Å²) in [4.78, 5) is 53.9. The summed E-state index contributed by atoms with van der Waals surface area (Å²) in [5, 5.41) is 0. The lowest BCUT2D eigenvalue weighted by atomic mass is 9.42. The second kappa shape index (κ2) is 9.92. The molecule has 0 saturated heterocycles. The van der Waals surface area contributed by atoms with Gasteiger partial charge in [0.25, 0.3) is 0 Å². The molecule has 0 saturated carbocycles. The van der Waals surface area contributed by atoms with Gasteiger partial charge in [-0.05, 0) is 101 Å². The number of esters is 1. The smallest absolute Gasteiger partial charge is 0.308 e. The molecule has 1 aromatic rings. The first-order valence-electron chi connectivity index (χ1n) is 14.8. The number of ether oxygens (including phenoxy) is 1. The summed E-state index contributed by atoms with van der Waals surface area (Å²) in [7, 11) is 0. The Morgan fingerprint density at radius 2 is 1.65 bits per heavy atom. The molecule has 0 N–H and O–H groups in total. The Morgan fingerprint density at radius 3 is 2.20 bits per heavy atom. The van der Waals surface area contributed by atoms with Crippen LogP contribution in [0.5, 0.6) is 0 Å². The van der Waals surface area contributed by atoms with Gasteiger partial charge in [0.1, 0.15) is 0 Å². The fourth-order valence-corrected chi connectivity index (χ4v) is 8.49. The molecule has 1 unspecified atom stereocenters. The van der Waals surface area contributed by atoms with E-state index in [0.29, 0.717) is 31.4 Å². The predicted molar refractivity (Wildman–Crippen MR) is 157 cm³/mol. The third-order valence-corrected chi connectivity index (χ3v) is 10.5. The number of hydrogen-bond donors (Lipinski definition) is 0. The van der Waals surface area contributed by atoms with Crippen molar-refractivity contribution in [2.24, 2.45) is 22.2 Å². The normalized spacial score (nSPS) is 28.8. The van der Waals surface area contributed by atoms with Crippen molar-refractivity contribution >= 4 is 23.3 Å². The fourth-order valence-electron chi connectivity index (χ4n) is 8.49. The van der Waals surface area contributed by atoms with Crippen molar-refractivity contribution in [3.63, 3.8) is 0 Å². The minimum Gasteiger partial charge on any atom is -0.466 e. The fraction of sp³-hybridized carbons (Fsp3) is 0.600. The Bertz CT molecular complexity index is 1400. The minimum absolute atomic E-state index is 0.00184. The molecule has 4 rings (SSSR count). The van der Waals surface area contributed by atoms with Gasteiger partial charge in [-0.25, -0.2) is 0 Å². The first-order chi connectivity index (χ1) is 18.4. The molecule has 0 bridgehead atoms. The summed E-state index contributed by atoms with van der Waals surface area (Å²) < 4.78 is 5.27. The Balaban J connectivity index is 1.95. The summed E-state index contributed by atoms with van der Waals surface area (Å²) in [6.07, 6.45) is 2.58. The topological polar surface area (TPSA) is 77.5 Å². The minimum atomic E-state index is -0.930. The third-order valence-electron chi connectivity index (χ3n) is 10.5. The van der Waals surface area contributed by atoms with Crippen molar-refractivity contribution in [2.45, 2.75) is 108 Å². The summed E-state index contributed by atoms with van der Waals surface area (Å²) in [5.41, 5.74) is 5.87. The number of carbonyl (C=O) groups is 4. The standard InChI is InChI=1S/C35H46O5/c1-12-40-32(39)19(4)13-24-14-25(18(2)3)26-16-33(9)17-34(10)15-20(5)27(23(8)36)31(38)35(34,11)22(7)29(33)30(37)28(26)21(24)6/h14,18-19H,12-13,15-17H2,1-11H3/t19?,33-,34+,35+/m1/s1. The zero-order valence-corrected chi connectivity index (χ0v) is 26.3. The average molecular weight is 547 g/mol. The van der Waals surface area contributed by atoms with E-state index in [4.69, 9.17) is 4.74 Å². The molecular weight excluding hydrogens is 500 g/mol. The molecule has 5 nitrogen and oxygen atoms in total. The molecule has 3 aliphatic rings. The molecule has 216 valence electrons. The molecule has 0 heterocycles. The van der Waals surface area contributed by atoms with Crippen molar-refractivity contribution in [3.05, 3.63) is 56.2 Å². The molecule has 4 atom stereocenters. The number of ketones is 3. The maximum Gasteiger partial charge on any atom is 0.308 e. The second-order valence-corrected chi connectivity index (χ2v) is 13.8. The van der Waals surface area contributed by atoms with Gasteiger partial charge in [-0.2, -0.15) is 0 Å². The molecule has 0 amide bonds. The van der Waals surface area contributed by atoms with Crippen molar-refractivity contribution in [2.75, 3.05) is 6.61 Å². The van der Waals surface area contributed by atoms with Crippen molar-refractivity contribution in [1.82, 2.24) is 0 Å². The molecule has 40 heavy (non-hydrogen) atoms. The van der Waals surface area contributed by atoms with E-state index in [1.807, 2.05) is 34.6 Å². The average Bonchev–Trinajstić information content (AvgIpc) is 2.82. The molecule has 1 aromatic carbocycles. The molecule has 0 radical (unpaired) electrons. The monoisotopic (exact) mass is 546 g/mol. The van der Waals surface area contributed by atoms with Gasteiger partial charge in [0.05, 0.1) is 23.5 Å². The number of allylic oxidation sites excluding steroid dienone is 4. The summed E-state index contributed by atoms with van der Waals surface area (Å²) >= 11 is 0. The highest BCUT2D eigenvalue weighted by molar-refractivity contribution is 6.24. The number of rotatable bonds is 6. The van der Waals surface area contributed by atoms with Crippen LogP contribution in [0.2, 0.25) is 0 Å². The van der Waals surface area contributed by atoms with Crippen molar-refractivity contribution < 1.29 is 23.9 Å². The molecule has 5 heteroatoms. The van der Waals surface area contributed by atoms with E-state index in [9.17, 15) is 19.2 Å². The van der Waals surface area contributed by atoms with E-state index in [2.05, 4.69) is 33.8 Å². The highest BCUT2D eigenvalue weighted by Crippen LogP contribution is 2.66. The van der Waals surface area contributed by atoms with Crippen LogP contribution in [-0.4, -0.2) is 29.9 Å². The molecule has 0 spiro atoms. The van der Waals surface area contributed by atoms with Crippen LogP contribution in [0.3, 0.4) is 0 Å². The van der Waals surface area contributed by atoms with Gasteiger partial charge in [0.2, 0.25) is 0 Å². The van der Waals surface area contributed by atoms with Crippen LogP contribution < -0.4 is 0 Å². The van der Waals surface area contributed by atoms with Crippen molar-refractivity contribution in [3.8, 4) is 0 Å². The number of fused-ring (bicyclic) bond motifs is 3. The predicted octanol–water partition coefficient (Wildman–Crippen LogP) is 7.22. The number of hydrogen-bond acceptors (Lipinski definition) is 5. The molecular formula is C35H46O5. The molecule has 0 fully saturated rings. The quantitative estimate of drug-likeness (QED) is 0.278. The Hall–Kier alpha value is -2.82. The van der Waals surface area contributed by atoms with Crippen LogP contribution in [0.4, 0.5) is 0 Å². The Kier molecular flexibility index (Phi) is 7.48. The van der Waals surface area contributed by atoms with E-state index < -0.39 is 16.2 Å². The van der Waals surface area contributed by atoms with Crippen LogP contribution >= 0.6 is 0 Å². The highest BCUT2D eigenvalue weighted by atomic mass is 16.5. The number of carbonyl (C=O) groups excluding carboxylic acids is 4. The Morgan fingerprint density at radius 1 is 1.02 bits per heavy atom. The maximum atomic E-state index is 14.7. The lowest BCUT2D eigenvalue weighted by Crippen LogP contribution is -2.57. The van der Waals surface area contributed by atoms with Gasteiger partial charge in [-0.1, -0.05) is 51.8 Å². The first kappa shape index (κ1) is 30.1. The van der Waals surface area contributed by atoms with E-state index in [-0.39, 0.29) is 35.2 Å². The third kappa shape index (κ3) is 4.18. The lowest BCUT2D eigenvalue weighted by Gasteiger charge is -2.59. The zero-order valence-electron chi connectivity index (χ0n) is 26.3. The molecule has 0 aliphatic heterocycles. The van der Waals surface area contributed by atoms with Crippen LogP contribution in [-0.2, 0) is 32.0 Å². The van der Waals surface area contributed by atoms with Crippen LogP contribution in [0.15, 0.2) is 28.4 Å². The van der Waals surface area contributed by atoms with Gasteiger partial charge in [-0.15, -0.1) is 0 Å². The molecule has 3 aliphatic carbocycles. The number of Topliss-reactive ketones (excluding diaryl/α,β-unsaturated/α-hetero) is 3. The van der Waals surface area contributed by atoms with Crippen LogP contribution in [0.1, 0.15) is 121 Å². The van der Waals surface area contributed by atoms with E-state index >= 15 is 0 Å². The second-order valence-electron chi connectivity index (χ2n) is 13.8. The lowest BCUT2D eigenvalue weighted by molar-refractivity contribution is -0.147. The van der Waals surface area contributed by atoms with Crippen LogP contribution in [0.25, 0.3) is 0 Å². The first-order valence-corrected chi connectivity index (χ1v) is 14.8. The van der Waals surface area contributed by atoms with Crippen LogP contribution in [0, 0.1) is 29.1 Å². The van der Waals surface area contributed by atoms with Gasteiger partial charge in [0, 0.05) is 16.6 Å². The summed E-state index contributed by atoms with van der Waals surface area (Å²) in [5.74, 6) is -0.696. The van der Waals surface area contributed by atoms with E-state index in [0.717, 1.165) is 51.0 Å². The van der Waals surface area contributed by atoms with E-state index in [1.165, 1.54) is 6.92 Å². The van der Waals surface area contributed by atoms with Gasteiger partial charge in [0.15, 0.2) is 17.3 Å². The van der Waals surface area contributed by atoms with Gasteiger partial charge in [-0.3, -0.25) is 19.2 Å². The maximum absolute atomic E-state index is 14.7. The van der Waals surface area contributed by atoms with E-state index in [1.54, 1.807) is 6.92 Å². The molecule has 0 aromatic heterocycles. The Labute approximate surface area is 239 Å².